The van der Waals surface area contributed by atoms with Crippen LogP contribution in [0.3, 0.4) is 0 Å². The van der Waals surface area contributed by atoms with Crippen molar-refractivity contribution in [3.63, 3.8) is 0 Å². The molecule has 7 heteroatoms. The Balaban J connectivity index is 1.52. The molecule has 3 aromatic carbocycles. The maximum Gasteiger partial charge on any atom is 0.254 e. The number of methoxy groups -OCH3 is 3. The minimum Gasteiger partial charge on any atom is -0.493 e. The van der Waals surface area contributed by atoms with Crippen molar-refractivity contribution in [1.82, 2.24) is 9.80 Å². The van der Waals surface area contributed by atoms with E-state index < -0.39 is 12.0 Å². The molecule has 41 heavy (non-hydrogen) atoms. The number of carbonyl (C=O) groups excluding carboxylic acids is 2. The highest BCUT2D eigenvalue weighted by molar-refractivity contribution is 6.01. The van der Waals surface area contributed by atoms with E-state index in [1.165, 1.54) is 5.56 Å². The number of ether oxygens (including phenoxy) is 3. The Morgan fingerprint density at radius 2 is 1.51 bits per heavy atom. The SMILES string of the molecule is CCCN1C(=O)c2ccccc2[C@@H](C(=O)N2CCC(Cc3ccccc3)CC2)[C@@H]1c1cc(OC)c(OC)c(OC)c1. The van der Waals surface area contributed by atoms with E-state index >= 15 is 0 Å². The molecule has 0 N–H and O–H groups in total. The van der Waals surface area contributed by atoms with Gasteiger partial charge in [0.15, 0.2) is 11.5 Å². The van der Waals surface area contributed by atoms with Gasteiger partial charge in [-0.2, -0.15) is 0 Å². The van der Waals surface area contributed by atoms with Gasteiger partial charge in [-0.25, -0.2) is 0 Å². The fourth-order valence-corrected chi connectivity index (χ4v) is 6.49. The molecule has 5 rings (SSSR count). The van der Waals surface area contributed by atoms with Gasteiger partial charge in [0.1, 0.15) is 0 Å². The molecule has 216 valence electrons. The maximum atomic E-state index is 14.6. The first-order valence-corrected chi connectivity index (χ1v) is 14.5. The molecule has 2 atom stereocenters. The van der Waals surface area contributed by atoms with E-state index in [1.54, 1.807) is 21.3 Å². The van der Waals surface area contributed by atoms with Gasteiger partial charge >= 0.3 is 0 Å². The fourth-order valence-electron chi connectivity index (χ4n) is 6.49. The predicted molar refractivity (Wildman–Crippen MR) is 159 cm³/mol. The van der Waals surface area contributed by atoms with Gasteiger partial charge in [0.2, 0.25) is 11.7 Å². The Morgan fingerprint density at radius 3 is 2.12 bits per heavy atom. The van der Waals surface area contributed by atoms with Gasteiger partial charge in [0, 0.05) is 25.2 Å². The molecule has 3 aromatic rings. The molecular formula is C34H40N2O5. The van der Waals surface area contributed by atoms with Crippen LogP contribution < -0.4 is 14.2 Å². The molecule has 0 aliphatic carbocycles. The van der Waals surface area contributed by atoms with Crippen molar-refractivity contribution in [1.29, 1.82) is 0 Å². The van der Waals surface area contributed by atoms with Crippen molar-refractivity contribution < 1.29 is 23.8 Å². The molecule has 0 aromatic heterocycles. The molecule has 1 saturated heterocycles. The summed E-state index contributed by atoms with van der Waals surface area (Å²) < 4.78 is 16.9. The van der Waals surface area contributed by atoms with Crippen LogP contribution in [0.4, 0.5) is 0 Å². The topological polar surface area (TPSA) is 68.3 Å². The summed E-state index contributed by atoms with van der Waals surface area (Å²) in [5.41, 5.74) is 3.50. The Labute approximate surface area is 243 Å². The second kappa shape index (κ2) is 12.7. The molecule has 1 fully saturated rings. The highest BCUT2D eigenvalue weighted by Gasteiger charge is 2.46. The van der Waals surface area contributed by atoms with E-state index in [2.05, 4.69) is 24.3 Å². The number of rotatable bonds is 9. The van der Waals surface area contributed by atoms with E-state index in [1.807, 2.05) is 59.2 Å². The number of benzene rings is 3. The van der Waals surface area contributed by atoms with Gasteiger partial charge in [-0.05, 0) is 66.5 Å². The van der Waals surface area contributed by atoms with Gasteiger partial charge in [-0.1, -0.05) is 55.5 Å². The Morgan fingerprint density at radius 1 is 0.878 bits per heavy atom. The Bertz CT molecular complexity index is 1340. The molecule has 0 bridgehead atoms. The molecule has 0 unspecified atom stereocenters. The van der Waals surface area contributed by atoms with Crippen LogP contribution in [0.2, 0.25) is 0 Å². The van der Waals surface area contributed by atoms with Crippen molar-refractivity contribution in [2.75, 3.05) is 41.0 Å². The second-order valence-corrected chi connectivity index (χ2v) is 10.9. The van der Waals surface area contributed by atoms with Gasteiger partial charge in [0.25, 0.3) is 5.91 Å². The summed E-state index contributed by atoms with van der Waals surface area (Å²) in [5.74, 6) is 1.46. The zero-order chi connectivity index (χ0) is 28.9. The molecule has 2 amide bonds. The van der Waals surface area contributed by atoms with Crippen LogP contribution in [-0.4, -0.2) is 62.6 Å². The minimum absolute atomic E-state index is 0.0583. The van der Waals surface area contributed by atoms with E-state index in [-0.39, 0.29) is 11.8 Å². The van der Waals surface area contributed by atoms with E-state index in [9.17, 15) is 9.59 Å². The summed E-state index contributed by atoms with van der Waals surface area (Å²) >= 11 is 0. The number of hydrogen-bond acceptors (Lipinski definition) is 5. The third-order valence-electron chi connectivity index (χ3n) is 8.49. The quantitative estimate of drug-likeness (QED) is 0.329. The molecule has 0 saturated carbocycles. The first-order chi connectivity index (χ1) is 20.0. The van der Waals surface area contributed by atoms with Crippen molar-refractivity contribution in [2.45, 2.75) is 44.6 Å². The Kier molecular flexibility index (Phi) is 8.81. The van der Waals surface area contributed by atoms with Crippen LogP contribution in [0.15, 0.2) is 66.7 Å². The van der Waals surface area contributed by atoms with Gasteiger partial charge in [-0.3, -0.25) is 9.59 Å². The summed E-state index contributed by atoms with van der Waals surface area (Å²) in [7, 11) is 4.72. The van der Waals surface area contributed by atoms with Crippen LogP contribution in [-0.2, 0) is 11.2 Å². The maximum absolute atomic E-state index is 14.6. The standard InChI is InChI=1S/C34H40N2O5/c1-5-17-36-31(25-21-28(39-2)32(41-4)29(22-25)40-3)30(26-13-9-10-14-27(26)33(36)37)34(38)35-18-15-24(16-19-35)20-23-11-7-6-8-12-23/h6-14,21-22,24,30-31H,5,15-20H2,1-4H3/t30-,31+/m1/s1. The van der Waals surface area contributed by atoms with Crippen molar-refractivity contribution >= 4 is 11.8 Å². The van der Waals surface area contributed by atoms with Crippen LogP contribution >= 0.6 is 0 Å². The fraction of sp³-hybridized carbons (Fsp3) is 0.412. The lowest BCUT2D eigenvalue weighted by Crippen LogP contribution is -2.50. The zero-order valence-corrected chi connectivity index (χ0v) is 24.5. The van der Waals surface area contributed by atoms with Crippen LogP contribution in [0.5, 0.6) is 17.2 Å². The number of hydrogen-bond donors (Lipinski definition) is 0. The van der Waals surface area contributed by atoms with Crippen LogP contribution in [0.1, 0.15) is 65.2 Å². The van der Waals surface area contributed by atoms with E-state index in [0.717, 1.165) is 36.8 Å². The minimum atomic E-state index is -0.552. The summed E-state index contributed by atoms with van der Waals surface area (Å²) in [6, 6.07) is 21.4. The lowest BCUT2D eigenvalue weighted by molar-refractivity contribution is -0.136. The smallest absolute Gasteiger partial charge is 0.254 e. The Hall–Kier alpha value is -4.00. The molecular weight excluding hydrogens is 516 g/mol. The monoisotopic (exact) mass is 556 g/mol. The van der Waals surface area contributed by atoms with Crippen molar-refractivity contribution in [3.8, 4) is 17.2 Å². The second-order valence-electron chi connectivity index (χ2n) is 10.9. The largest absolute Gasteiger partial charge is 0.493 e. The number of fused-ring (bicyclic) bond motifs is 1. The highest BCUT2D eigenvalue weighted by atomic mass is 16.5. The molecule has 2 heterocycles. The highest BCUT2D eigenvalue weighted by Crippen LogP contribution is 2.48. The third-order valence-corrected chi connectivity index (χ3v) is 8.49. The van der Waals surface area contributed by atoms with Gasteiger partial charge < -0.3 is 24.0 Å². The lowest BCUT2D eigenvalue weighted by atomic mass is 9.78. The molecule has 2 aliphatic rings. The number of carbonyl (C=O) groups is 2. The summed E-state index contributed by atoms with van der Waals surface area (Å²) in [4.78, 5) is 32.3. The van der Waals surface area contributed by atoms with Gasteiger partial charge in [-0.15, -0.1) is 0 Å². The molecule has 2 aliphatic heterocycles. The van der Waals surface area contributed by atoms with Crippen molar-refractivity contribution in [2.24, 2.45) is 5.92 Å². The number of likely N-dealkylation sites (tertiary alicyclic amines) is 1. The van der Waals surface area contributed by atoms with Gasteiger partial charge in [0.05, 0.1) is 33.3 Å². The predicted octanol–water partition coefficient (Wildman–Crippen LogP) is 5.88. The first-order valence-electron chi connectivity index (χ1n) is 14.5. The average molecular weight is 557 g/mol. The summed E-state index contributed by atoms with van der Waals surface area (Å²) in [6.45, 7) is 3.99. The molecule has 0 radical (unpaired) electrons. The first kappa shape index (κ1) is 28.5. The average Bonchev–Trinajstić information content (AvgIpc) is 3.02. The van der Waals surface area contributed by atoms with E-state index in [0.29, 0.717) is 48.4 Å². The molecule has 7 nitrogen and oxygen atoms in total. The van der Waals surface area contributed by atoms with Crippen molar-refractivity contribution in [3.05, 3.63) is 89.0 Å². The number of nitrogens with zero attached hydrogens (tertiary/aromatic N) is 2. The number of amides is 2. The summed E-state index contributed by atoms with van der Waals surface area (Å²) in [6.07, 6.45) is 3.71. The lowest BCUT2D eigenvalue weighted by Gasteiger charge is -2.44. The normalized spacial score (nSPS) is 19.1. The summed E-state index contributed by atoms with van der Waals surface area (Å²) in [5, 5.41) is 0. The third kappa shape index (κ3) is 5.63. The van der Waals surface area contributed by atoms with E-state index in [4.69, 9.17) is 14.2 Å². The van der Waals surface area contributed by atoms with Crippen LogP contribution in [0.25, 0.3) is 0 Å². The molecule has 0 spiro atoms. The van der Waals surface area contributed by atoms with Crippen LogP contribution in [0, 0.1) is 5.92 Å². The number of piperidine rings is 1. The zero-order valence-electron chi connectivity index (χ0n) is 24.5.